The Hall–Kier alpha value is -1.16. The highest BCUT2D eigenvalue weighted by molar-refractivity contribution is 7.98. The van der Waals surface area contributed by atoms with Crippen molar-refractivity contribution in [2.45, 2.75) is 25.8 Å². The van der Waals surface area contributed by atoms with Crippen molar-refractivity contribution in [1.82, 2.24) is 10.2 Å². The fraction of sp³-hybridized carbons (Fsp3) is 0.562. The highest BCUT2D eigenvalue weighted by Gasteiger charge is 2.39. The summed E-state index contributed by atoms with van der Waals surface area (Å²) in [5.41, 5.74) is 1.24. The standard InChI is InChI=1S/C16H24N2OS/c1-13-12-18(15(13)14-8-4-3-5-9-14)16(19)17-10-6-7-11-20-2/h3-5,8-9,13,15H,6-7,10-12H2,1-2H3,(H,17,19)/t13-,15-/m0/s1. The maximum Gasteiger partial charge on any atom is 0.317 e. The smallest absolute Gasteiger partial charge is 0.317 e. The van der Waals surface area contributed by atoms with Crippen molar-refractivity contribution < 1.29 is 4.79 Å². The number of rotatable bonds is 6. The van der Waals surface area contributed by atoms with Gasteiger partial charge in [-0.25, -0.2) is 4.79 Å². The first-order chi connectivity index (χ1) is 9.74. The van der Waals surface area contributed by atoms with Crippen molar-refractivity contribution in [3.63, 3.8) is 0 Å². The molecule has 1 N–H and O–H groups in total. The summed E-state index contributed by atoms with van der Waals surface area (Å²) in [7, 11) is 0. The fourth-order valence-corrected chi connectivity index (χ4v) is 3.22. The van der Waals surface area contributed by atoms with Crippen molar-refractivity contribution in [3.05, 3.63) is 35.9 Å². The van der Waals surface area contributed by atoms with Gasteiger partial charge in [-0.15, -0.1) is 0 Å². The lowest BCUT2D eigenvalue weighted by atomic mass is 9.85. The number of thioether (sulfide) groups is 1. The molecule has 3 nitrogen and oxygen atoms in total. The van der Waals surface area contributed by atoms with E-state index in [1.54, 1.807) is 0 Å². The van der Waals surface area contributed by atoms with Crippen LogP contribution in [0.15, 0.2) is 30.3 Å². The lowest BCUT2D eigenvalue weighted by Gasteiger charge is -2.46. The zero-order valence-corrected chi connectivity index (χ0v) is 13.2. The molecule has 0 radical (unpaired) electrons. The van der Waals surface area contributed by atoms with Gasteiger partial charge in [-0.3, -0.25) is 0 Å². The Morgan fingerprint density at radius 2 is 2.10 bits per heavy atom. The molecule has 1 heterocycles. The molecule has 20 heavy (non-hydrogen) atoms. The number of unbranched alkanes of at least 4 members (excludes halogenated alkanes) is 1. The van der Waals surface area contributed by atoms with Gasteiger partial charge in [0, 0.05) is 13.1 Å². The van der Waals surface area contributed by atoms with E-state index in [0.29, 0.717) is 5.92 Å². The van der Waals surface area contributed by atoms with Gasteiger partial charge >= 0.3 is 6.03 Å². The molecule has 1 aromatic rings. The quantitative estimate of drug-likeness (QED) is 0.814. The Kier molecular flexibility index (Phi) is 5.77. The molecule has 2 rings (SSSR count). The van der Waals surface area contributed by atoms with Crippen LogP contribution < -0.4 is 5.32 Å². The first-order valence-electron chi connectivity index (χ1n) is 7.32. The maximum absolute atomic E-state index is 12.2. The fourth-order valence-electron chi connectivity index (χ4n) is 2.73. The van der Waals surface area contributed by atoms with E-state index in [4.69, 9.17) is 0 Å². The molecule has 1 saturated heterocycles. The monoisotopic (exact) mass is 292 g/mol. The van der Waals surface area contributed by atoms with Crippen LogP contribution in [0.4, 0.5) is 4.79 Å². The topological polar surface area (TPSA) is 32.3 Å². The average Bonchev–Trinajstić information content (AvgIpc) is 2.45. The predicted octanol–water partition coefficient (Wildman–Crippen LogP) is 3.53. The molecular weight excluding hydrogens is 268 g/mol. The van der Waals surface area contributed by atoms with Crippen LogP contribution in [-0.4, -0.2) is 36.0 Å². The zero-order chi connectivity index (χ0) is 14.4. The van der Waals surface area contributed by atoms with Gasteiger partial charge in [0.25, 0.3) is 0 Å². The summed E-state index contributed by atoms with van der Waals surface area (Å²) in [6.45, 7) is 3.85. The zero-order valence-electron chi connectivity index (χ0n) is 12.3. The molecule has 4 heteroatoms. The molecule has 1 aliphatic rings. The van der Waals surface area contributed by atoms with Gasteiger partial charge in [0.1, 0.15) is 0 Å². The number of urea groups is 1. The Morgan fingerprint density at radius 3 is 2.75 bits per heavy atom. The second-order valence-corrected chi connectivity index (χ2v) is 6.40. The van der Waals surface area contributed by atoms with Crippen LogP contribution in [0.2, 0.25) is 0 Å². The number of carbonyl (C=O) groups is 1. The van der Waals surface area contributed by atoms with Crippen LogP contribution in [0.1, 0.15) is 31.4 Å². The maximum atomic E-state index is 12.2. The Balaban J connectivity index is 1.81. The van der Waals surface area contributed by atoms with Crippen LogP contribution in [0.3, 0.4) is 0 Å². The summed E-state index contributed by atoms with van der Waals surface area (Å²) in [6.07, 6.45) is 4.34. The third-order valence-electron chi connectivity index (χ3n) is 3.81. The average molecular weight is 292 g/mol. The molecule has 1 aliphatic heterocycles. The van der Waals surface area contributed by atoms with Gasteiger partial charge in [0.2, 0.25) is 0 Å². The molecule has 2 amide bonds. The van der Waals surface area contributed by atoms with Gasteiger partial charge < -0.3 is 10.2 Å². The number of nitrogens with zero attached hydrogens (tertiary/aromatic N) is 1. The van der Waals surface area contributed by atoms with Crippen LogP contribution in [-0.2, 0) is 0 Å². The lowest BCUT2D eigenvalue weighted by Crippen LogP contribution is -2.55. The first kappa shape index (κ1) is 15.2. The third-order valence-corrected chi connectivity index (χ3v) is 4.51. The summed E-state index contributed by atoms with van der Waals surface area (Å²) in [6, 6.07) is 10.6. The minimum atomic E-state index is 0.0844. The van der Waals surface area contributed by atoms with Crippen LogP contribution in [0, 0.1) is 5.92 Å². The second-order valence-electron chi connectivity index (χ2n) is 5.42. The molecule has 0 aliphatic carbocycles. The van der Waals surface area contributed by atoms with Crippen LogP contribution >= 0.6 is 11.8 Å². The van der Waals surface area contributed by atoms with E-state index < -0.39 is 0 Å². The van der Waals surface area contributed by atoms with Crippen molar-refractivity contribution >= 4 is 17.8 Å². The van der Waals surface area contributed by atoms with Crippen LogP contribution in [0.25, 0.3) is 0 Å². The molecule has 1 fully saturated rings. The van der Waals surface area contributed by atoms with Crippen molar-refractivity contribution in [2.24, 2.45) is 5.92 Å². The van der Waals surface area contributed by atoms with E-state index >= 15 is 0 Å². The molecule has 1 aromatic carbocycles. The van der Waals surface area contributed by atoms with E-state index in [2.05, 4.69) is 30.6 Å². The van der Waals surface area contributed by atoms with Crippen molar-refractivity contribution in [3.8, 4) is 0 Å². The molecule has 0 bridgehead atoms. The lowest BCUT2D eigenvalue weighted by molar-refractivity contribution is 0.0593. The van der Waals surface area contributed by atoms with E-state index in [-0.39, 0.29) is 12.1 Å². The second kappa shape index (κ2) is 7.58. The molecule has 2 atom stereocenters. The SMILES string of the molecule is CSCCCCNC(=O)N1C[C@H](C)[C@H]1c1ccccc1. The Bertz CT molecular complexity index is 424. The molecule has 0 saturated carbocycles. The number of hydrogen-bond donors (Lipinski definition) is 1. The molecule has 110 valence electrons. The van der Waals surface area contributed by atoms with Crippen LogP contribution in [0.5, 0.6) is 0 Å². The number of benzene rings is 1. The van der Waals surface area contributed by atoms with Gasteiger partial charge in [0.05, 0.1) is 6.04 Å². The van der Waals surface area contributed by atoms with Crippen molar-refractivity contribution in [1.29, 1.82) is 0 Å². The number of carbonyl (C=O) groups excluding carboxylic acids is 1. The molecule has 0 aromatic heterocycles. The normalized spacial score (nSPS) is 21.4. The van der Waals surface area contributed by atoms with E-state index in [0.717, 1.165) is 19.5 Å². The van der Waals surface area contributed by atoms with Gasteiger partial charge in [0.15, 0.2) is 0 Å². The number of likely N-dealkylation sites (tertiary alicyclic amines) is 1. The summed E-state index contributed by atoms with van der Waals surface area (Å²) in [5.74, 6) is 1.71. The Labute approximate surface area is 126 Å². The summed E-state index contributed by atoms with van der Waals surface area (Å²) in [5, 5.41) is 3.04. The largest absolute Gasteiger partial charge is 0.338 e. The van der Waals surface area contributed by atoms with E-state index in [1.165, 1.54) is 17.7 Å². The summed E-state index contributed by atoms with van der Waals surface area (Å²) < 4.78 is 0. The summed E-state index contributed by atoms with van der Waals surface area (Å²) >= 11 is 1.86. The highest BCUT2D eigenvalue weighted by atomic mass is 32.2. The van der Waals surface area contributed by atoms with E-state index in [1.807, 2.05) is 34.9 Å². The molecular formula is C16H24N2OS. The number of hydrogen-bond acceptors (Lipinski definition) is 2. The predicted molar refractivity (Wildman–Crippen MR) is 86.1 cm³/mol. The number of nitrogens with one attached hydrogen (secondary N) is 1. The first-order valence-corrected chi connectivity index (χ1v) is 8.71. The third kappa shape index (κ3) is 3.69. The molecule has 0 spiro atoms. The minimum absolute atomic E-state index is 0.0844. The van der Waals surface area contributed by atoms with Gasteiger partial charge in [-0.05, 0) is 36.3 Å². The van der Waals surface area contributed by atoms with Gasteiger partial charge in [-0.1, -0.05) is 37.3 Å². The minimum Gasteiger partial charge on any atom is -0.338 e. The molecule has 0 unspecified atom stereocenters. The highest BCUT2D eigenvalue weighted by Crippen LogP contribution is 2.38. The number of amides is 2. The Morgan fingerprint density at radius 1 is 1.35 bits per heavy atom. The summed E-state index contributed by atoms with van der Waals surface area (Å²) in [4.78, 5) is 14.1. The van der Waals surface area contributed by atoms with Gasteiger partial charge in [-0.2, -0.15) is 11.8 Å². The van der Waals surface area contributed by atoms with E-state index in [9.17, 15) is 4.79 Å². The van der Waals surface area contributed by atoms with Crippen molar-refractivity contribution in [2.75, 3.05) is 25.1 Å².